The second-order valence-electron chi connectivity index (χ2n) is 7.16. The first-order valence-corrected chi connectivity index (χ1v) is 11.6. The lowest BCUT2D eigenvalue weighted by Gasteiger charge is -2.23. The summed E-state index contributed by atoms with van der Waals surface area (Å²) in [5, 5.41) is 3.36. The average Bonchev–Trinajstić information content (AvgIpc) is 2.69. The van der Waals surface area contributed by atoms with Crippen LogP contribution in [0.5, 0.6) is 0 Å². The van der Waals surface area contributed by atoms with Crippen molar-refractivity contribution in [2.75, 3.05) is 15.9 Å². The number of nitrogens with zero attached hydrogens (tertiary/aromatic N) is 1. The van der Waals surface area contributed by atoms with Crippen LogP contribution in [0.1, 0.15) is 27.0 Å². The van der Waals surface area contributed by atoms with E-state index in [1.807, 2.05) is 38.1 Å². The summed E-state index contributed by atoms with van der Waals surface area (Å²) in [6, 6.07) is 19.3. The number of hydrogen-bond acceptors (Lipinski definition) is 3. The van der Waals surface area contributed by atoms with Crippen molar-refractivity contribution in [3.63, 3.8) is 0 Å². The normalized spacial score (nSPS) is 11.2. The molecule has 3 aromatic rings. The molecule has 0 radical (unpaired) electrons. The van der Waals surface area contributed by atoms with E-state index in [1.54, 1.807) is 42.5 Å². The molecule has 1 amide bonds. The molecule has 156 valence electrons. The molecule has 0 spiro atoms. The van der Waals surface area contributed by atoms with Crippen LogP contribution >= 0.6 is 11.6 Å². The van der Waals surface area contributed by atoms with E-state index >= 15 is 0 Å². The predicted octanol–water partition coefficient (Wildman–Crippen LogP) is 5.18. The minimum absolute atomic E-state index is 0.104. The first kappa shape index (κ1) is 21.9. The number of hydrogen-bond donors (Lipinski definition) is 1. The van der Waals surface area contributed by atoms with E-state index < -0.39 is 10.0 Å². The van der Waals surface area contributed by atoms with Gasteiger partial charge in [0, 0.05) is 16.3 Å². The standard InChI is InChI=1S/C23H23ClN2O3S/c1-16-8-11-20(14-17(16)2)25-23(27)18-9-12-21(13-10-18)26(30(3,28)29)15-19-6-4-5-7-22(19)24/h4-14H,15H2,1-3H3,(H,25,27). The van der Waals surface area contributed by atoms with E-state index in [4.69, 9.17) is 11.6 Å². The van der Waals surface area contributed by atoms with Crippen molar-refractivity contribution in [2.45, 2.75) is 20.4 Å². The summed E-state index contributed by atoms with van der Waals surface area (Å²) in [5.41, 5.74) is 4.54. The molecule has 0 bridgehead atoms. The Hall–Kier alpha value is -2.83. The highest BCUT2D eigenvalue weighted by atomic mass is 35.5. The Labute approximate surface area is 182 Å². The third-order valence-corrected chi connectivity index (χ3v) is 6.36. The third-order valence-electron chi connectivity index (χ3n) is 4.85. The Morgan fingerprint density at radius 1 is 0.967 bits per heavy atom. The van der Waals surface area contributed by atoms with Crippen molar-refractivity contribution < 1.29 is 13.2 Å². The second-order valence-corrected chi connectivity index (χ2v) is 9.48. The fourth-order valence-electron chi connectivity index (χ4n) is 2.98. The van der Waals surface area contributed by atoms with Crippen LogP contribution in [0.3, 0.4) is 0 Å². The average molecular weight is 443 g/mol. The first-order valence-electron chi connectivity index (χ1n) is 9.35. The number of carbonyl (C=O) groups excluding carboxylic acids is 1. The van der Waals surface area contributed by atoms with E-state index in [-0.39, 0.29) is 12.5 Å². The molecule has 0 aliphatic carbocycles. The van der Waals surface area contributed by atoms with Gasteiger partial charge in [-0.05, 0) is 73.0 Å². The maximum Gasteiger partial charge on any atom is 0.255 e. The van der Waals surface area contributed by atoms with Gasteiger partial charge in [0.05, 0.1) is 18.5 Å². The number of nitrogens with one attached hydrogen (secondary N) is 1. The van der Waals surface area contributed by atoms with Gasteiger partial charge in [-0.3, -0.25) is 9.10 Å². The van der Waals surface area contributed by atoms with Gasteiger partial charge in [0.15, 0.2) is 0 Å². The monoisotopic (exact) mass is 442 g/mol. The Balaban J connectivity index is 1.81. The van der Waals surface area contributed by atoms with Crippen molar-refractivity contribution in [3.8, 4) is 0 Å². The molecular formula is C23H23ClN2O3S. The van der Waals surface area contributed by atoms with Gasteiger partial charge in [0.2, 0.25) is 10.0 Å². The van der Waals surface area contributed by atoms with Crippen molar-refractivity contribution in [1.82, 2.24) is 0 Å². The van der Waals surface area contributed by atoms with E-state index in [0.717, 1.165) is 17.4 Å². The molecule has 0 aliphatic heterocycles. The summed E-state index contributed by atoms with van der Waals surface area (Å²) in [4.78, 5) is 12.6. The molecule has 0 unspecified atom stereocenters. The lowest BCUT2D eigenvalue weighted by atomic mass is 10.1. The van der Waals surface area contributed by atoms with E-state index in [1.165, 1.54) is 4.31 Å². The van der Waals surface area contributed by atoms with Gasteiger partial charge in [-0.2, -0.15) is 0 Å². The number of sulfonamides is 1. The van der Waals surface area contributed by atoms with Gasteiger partial charge in [-0.1, -0.05) is 35.9 Å². The molecule has 0 aliphatic rings. The predicted molar refractivity (Wildman–Crippen MR) is 123 cm³/mol. The van der Waals surface area contributed by atoms with Gasteiger partial charge < -0.3 is 5.32 Å². The highest BCUT2D eigenvalue weighted by Gasteiger charge is 2.19. The minimum atomic E-state index is -3.55. The topological polar surface area (TPSA) is 66.5 Å². The molecule has 30 heavy (non-hydrogen) atoms. The molecule has 0 saturated heterocycles. The zero-order valence-corrected chi connectivity index (χ0v) is 18.6. The fourth-order valence-corrected chi connectivity index (χ4v) is 4.06. The Morgan fingerprint density at radius 2 is 1.63 bits per heavy atom. The maximum atomic E-state index is 12.6. The number of carbonyl (C=O) groups is 1. The summed E-state index contributed by atoms with van der Waals surface area (Å²) in [7, 11) is -3.55. The van der Waals surface area contributed by atoms with Gasteiger partial charge in [-0.25, -0.2) is 8.42 Å². The van der Waals surface area contributed by atoms with E-state index in [9.17, 15) is 13.2 Å². The molecule has 0 aromatic heterocycles. The minimum Gasteiger partial charge on any atom is -0.322 e. The second kappa shape index (κ2) is 8.90. The highest BCUT2D eigenvalue weighted by molar-refractivity contribution is 7.92. The van der Waals surface area contributed by atoms with Crippen molar-refractivity contribution in [3.05, 3.63) is 94.0 Å². The van der Waals surface area contributed by atoms with Crippen molar-refractivity contribution >= 4 is 38.9 Å². The molecule has 0 saturated carbocycles. The fraction of sp³-hybridized carbons (Fsp3) is 0.174. The Morgan fingerprint density at radius 3 is 2.23 bits per heavy atom. The summed E-state index contributed by atoms with van der Waals surface area (Å²) in [6.45, 7) is 4.10. The zero-order chi connectivity index (χ0) is 21.9. The lowest BCUT2D eigenvalue weighted by Crippen LogP contribution is -2.29. The number of rotatable bonds is 6. The summed E-state index contributed by atoms with van der Waals surface area (Å²) in [6.07, 6.45) is 1.14. The van der Waals surface area contributed by atoms with Crippen LogP contribution in [0.15, 0.2) is 66.7 Å². The SMILES string of the molecule is Cc1ccc(NC(=O)c2ccc(N(Cc3ccccc3Cl)S(C)(=O)=O)cc2)cc1C. The molecule has 3 aromatic carbocycles. The van der Waals surface area contributed by atoms with E-state index in [0.29, 0.717) is 27.5 Å². The number of amides is 1. The number of benzene rings is 3. The van der Waals surface area contributed by atoms with Crippen molar-refractivity contribution in [2.24, 2.45) is 0 Å². The van der Waals surface area contributed by atoms with Gasteiger partial charge in [-0.15, -0.1) is 0 Å². The largest absolute Gasteiger partial charge is 0.322 e. The van der Waals surface area contributed by atoms with Crippen LogP contribution in [0.2, 0.25) is 5.02 Å². The molecule has 0 atom stereocenters. The van der Waals surface area contributed by atoms with E-state index in [2.05, 4.69) is 5.32 Å². The molecular weight excluding hydrogens is 420 g/mol. The van der Waals surface area contributed by atoms with Crippen molar-refractivity contribution in [1.29, 1.82) is 0 Å². The summed E-state index contributed by atoms with van der Waals surface area (Å²) in [5.74, 6) is -0.262. The first-order chi connectivity index (χ1) is 14.1. The van der Waals surface area contributed by atoms with Gasteiger partial charge >= 0.3 is 0 Å². The summed E-state index contributed by atoms with van der Waals surface area (Å²) >= 11 is 6.20. The molecule has 0 fully saturated rings. The zero-order valence-electron chi connectivity index (χ0n) is 17.0. The van der Waals surface area contributed by atoms with Crippen LogP contribution in [0.4, 0.5) is 11.4 Å². The quantitative estimate of drug-likeness (QED) is 0.572. The number of halogens is 1. The molecule has 5 nitrogen and oxygen atoms in total. The third kappa shape index (κ3) is 5.20. The van der Waals surface area contributed by atoms with Crippen LogP contribution in [0.25, 0.3) is 0 Å². The smallest absolute Gasteiger partial charge is 0.255 e. The van der Waals surface area contributed by atoms with Gasteiger partial charge in [0.25, 0.3) is 5.91 Å². The van der Waals surface area contributed by atoms with Gasteiger partial charge in [0.1, 0.15) is 0 Å². The maximum absolute atomic E-state index is 12.6. The molecule has 0 heterocycles. The highest BCUT2D eigenvalue weighted by Crippen LogP contribution is 2.25. The van der Waals surface area contributed by atoms with Crippen LogP contribution in [0, 0.1) is 13.8 Å². The molecule has 3 rings (SSSR count). The molecule has 1 N–H and O–H groups in total. The molecule has 7 heteroatoms. The summed E-state index contributed by atoms with van der Waals surface area (Å²) < 4.78 is 26.0. The Kier molecular flexibility index (Phi) is 6.48. The number of anilines is 2. The number of aryl methyl sites for hydroxylation is 2. The van der Waals surface area contributed by atoms with Crippen LogP contribution in [-0.4, -0.2) is 20.6 Å². The lowest BCUT2D eigenvalue weighted by molar-refractivity contribution is 0.102. The van der Waals surface area contributed by atoms with Crippen LogP contribution < -0.4 is 9.62 Å². The van der Waals surface area contributed by atoms with Crippen LogP contribution in [-0.2, 0) is 16.6 Å². The Bertz CT molecular complexity index is 1180.